The molecule has 0 fully saturated rings. The Kier molecular flexibility index (Phi) is 3.89. The Morgan fingerprint density at radius 3 is 2.75 bits per heavy atom. The second-order valence-electron chi connectivity index (χ2n) is 3.89. The number of rotatable bonds is 4. The lowest BCUT2D eigenvalue weighted by atomic mass is 10.4. The van der Waals surface area contributed by atoms with Crippen LogP contribution < -0.4 is 22.3 Å². The third kappa shape index (κ3) is 3.51. The van der Waals surface area contributed by atoms with Crippen molar-refractivity contribution >= 4 is 11.7 Å². The molecule has 0 atom stereocenters. The van der Waals surface area contributed by atoms with Crippen molar-refractivity contribution < 1.29 is 4.79 Å². The number of carbonyl (C=O) groups is 1. The Balaban J connectivity index is 1.97. The second kappa shape index (κ2) is 5.78. The fourth-order valence-corrected chi connectivity index (χ4v) is 1.50. The van der Waals surface area contributed by atoms with Gasteiger partial charge in [-0.25, -0.2) is 14.6 Å². The van der Waals surface area contributed by atoms with Crippen molar-refractivity contribution in [2.45, 2.75) is 13.0 Å². The van der Waals surface area contributed by atoms with Crippen molar-refractivity contribution in [1.82, 2.24) is 19.5 Å². The minimum atomic E-state index is -0.581. The van der Waals surface area contributed by atoms with E-state index in [2.05, 4.69) is 20.3 Å². The number of carbonyl (C=O) groups excluding carboxylic acids is 1. The molecule has 0 unspecified atom stereocenters. The Hall–Kier alpha value is -2.97. The van der Waals surface area contributed by atoms with Gasteiger partial charge >= 0.3 is 11.4 Å². The molecule has 1 amide bonds. The van der Waals surface area contributed by atoms with Crippen molar-refractivity contribution in [1.29, 1.82) is 0 Å². The van der Waals surface area contributed by atoms with E-state index >= 15 is 0 Å². The first-order valence-electron chi connectivity index (χ1n) is 5.69. The molecule has 2 aromatic heterocycles. The molecule has 2 rings (SSSR count). The summed E-state index contributed by atoms with van der Waals surface area (Å²) < 4.78 is 1.20. The van der Waals surface area contributed by atoms with Crippen LogP contribution >= 0.6 is 0 Å². The highest BCUT2D eigenvalue weighted by Crippen LogP contribution is 1.97. The van der Waals surface area contributed by atoms with Crippen LogP contribution in [0.2, 0.25) is 0 Å². The lowest BCUT2D eigenvalue weighted by Crippen LogP contribution is -2.30. The zero-order valence-electron chi connectivity index (χ0n) is 10.3. The molecule has 0 bridgehead atoms. The minimum Gasteiger partial charge on any atom is -0.312 e. The minimum absolute atomic E-state index is 0.0102. The predicted octanol–water partition coefficient (Wildman–Crippen LogP) is -1.35. The molecule has 0 aliphatic carbocycles. The average Bonchev–Trinajstić information content (AvgIpc) is 2.37. The molecular formula is C11H11N5O4. The molecule has 3 N–H and O–H groups in total. The molecule has 20 heavy (non-hydrogen) atoms. The van der Waals surface area contributed by atoms with Gasteiger partial charge in [-0.2, -0.15) is 0 Å². The summed E-state index contributed by atoms with van der Waals surface area (Å²) in [5.74, 6) is -0.159. The number of H-pyrrole nitrogens is 2. The van der Waals surface area contributed by atoms with Gasteiger partial charge in [-0.15, -0.1) is 0 Å². The summed E-state index contributed by atoms with van der Waals surface area (Å²) in [5, 5.41) is 2.46. The normalized spacial score (nSPS) is 10.2. The van der Waals surface area contributed by atoms with Gasteiger partial charge < -0.3 is 9.88 Å². The standard InChI is InChI=1S/C11H11N5O4/c17-8(13-7-1-4-12-10(19)14-7)2-5-16-6-3-9(18)15-11(16)20/h1,3-4,6H,2,5H2,(H,15,18,20)(H2,12,13,14,17,19). The van der Waals surface area contributed by atoms with E-state index in [1.165, 1.54) is 29.1 Å². The summed E-state index contributed by atoms with van der Waals surface area (Å²) >= 11 is 0. The van der Waals surface area contributed by atoms with Crippen LogP contribution in [0.15, 0.2) is 38.9 Å². The number of hydrogen-bond donors (Lipinski definition) is 3. The summed E-state index contributed by atoms with van der Waals surface area (Å²) in [4.78, 5) is 52.6. The molecule has 0 saturated heterocycles. The van der Waals surface area contributed by atoms with E-state index in [0.717, 1.165) is 0 Å². The third-order valence-corrected chi connectivity index (χ3v) is 2.43. The van der Waals surface area contributed by atoms with Gasteiger partial charge in [0.2, 0.25) is 5.91 Å². The fourth-order valence-electron chi connectivity index (χ4n) is 1.50. The maximum absolute atomic E-state index is 11.6. The lowest BCUT2D eigenvalue weighted by molar-refractivity contribution is -0.116. The largest absolute Gasteiger partial charge is 0.346 e. The van der Waals surface area contributed by atoms with Gasteiger partial charge in [0.15, 0.2) is 0 Å². The van der Waals surface area contributed by atoms with Crippen LogP contribution in [0.5, 0.6) is 0 Å². The summed E-state index contributed by atoms with van der Waals surface area (Å²) in [6.07, 6.45) is 2.58. The van der Waals surface area contributed by atoms with Gasteiger partial charge in [0, 0.05) is 31.4 Å². The first-order valence-corrected chi connectivity index (χ1v) is 5.69. The van der Waals surface area contributed by atoms with E-state index in [0.29, 0.717) is 0 Å². The van der Waals surface area contributed by atoms with Crippen LogP contribution in [0.1, 0.15) is 6.42 Å². The highest BCUT2D eigenvalue weighted by molar-refractivity contribution is 5.89. The second-order valence-corrected chi connectivity index (χ2v) is 3.89. The van der Waals surface area contributed by atoms with Gasteiger partial charge in [0.1, 0.15) is 5.82 Å². The van der Waals surface area contributed by atoms with Crippen LogP contribution in [0.4, 0.5) is 5.82 Å². The zero-order chi connectivity index (χ0) is 14.5. The van der Waals surface area contributed by atoms with E-state index < -0.39 is 16.9 Å². The van der Waals surface area contributed by atoms with Crippen molar-refractivity contribution in [3.8, 4) is 0 Å². The van der Waals surface area contributed by atoms with Gasteiger partial charge in [0.25, 0.3) is 5.56 Å². The first-order chi connectivity index (χ1) is 9.54. The fraction of sp³-hybridized carbons (Fsp3) is 0.182. The zero-order valence-corrected chi connectivity index (χ0v) is 10.3. The van der Waals surface area contributed by atoms with Gasteiger partial charge in [-0.1, -0.05) is 0 Å². The molecule has 0 spiro atoms. The maximum atomic E-state index is 11.6. The van der Waals surface area contributed by atoms with E-state index in [4.69, 9.17) is 0 Å². The molecule has 9 nitrogen and oxygen atoms in total. The Morgan fingerprint density at radius 2 is 2.05 bits per heavy atom. The molecule has 0 aliphatic heterocycles. The first kappa shape index (κ1) is 13.5. The molecule has 2 heterocycles. The molecule has 2 aromatic rings. The van der Waals surface area contributed by atoms with Gasteiger partial charge in [-0.3, -0.25) is 19.6 Å². The number of amides is 1. The number of aromatic nitrogens is 4. The van der Waals surface area contributed by atoms with Crippen molar-refractivity contribution in [3.05, 3.63) is 55.8 Å². The highest BCUT2D eigenvalue weighted by Gasteiger charge is 2.04. The van der Waals surface area contributed by atoms with Crippen LogP contribution in [0, 0.1) is 0 Å². The molecule has 0 aromatic carbocycles. The van der Waals surface area contributed by atoms with Gasteiger partial charge in [-0.05, 0) is 6.07 Å². The SMILES string of the molecule is O=C(CCn1ccc(=O)[nH]c1=O)Nc1ccnc(=O)[nH]1. The summed E-state index contributed by atoms with van der Waals surface area (Å²) in [5.41, 5.74) is -1.65. The number of aromatic amines is 2. The molecule has 0 radical (unpaired) electrons. The van der Waals surface area contributed by atoms with Crippen LogP contribution in [-0.4, -0.2) is 25.4 Å². The Morgan fingerprint density at radius 1 is 1.25 bits per heavy atom. The monoisotopic (exact) mass is 277 g/mol. The average molecular weight is 277 g/mol. The number of anilines is 1. The number of nitrogens with one attached hydrogen (secondary N) is 3. The quantitative estimate of drug-likeness (QED) is 0.636. The van der Waals surface area contributed by atoms with E-state index in [9.17, 15) is 19.2 Å². The van der Waals surface area contributed by atoms with Crippen LogP contribution in [0.3, 0.4) is 0 Å². The summed E-state index contributed by atoms with van der Waals surface area (Å²) in [6.45, 7) is 0.108. The third-order valence-electron chi connectivity index (χ3n) is 2.43. The topological polar surface area (TPSA) is 130 Å². The van der Waals surface area contributed by atoms with E-state index in [1.807, 2.05) is 0 Å². The summed E-state index contributed by atoms with van der Waals surface area (Å²) in [7, 11) is 0. The molecule has 0 saturated carbocycles. The van der Waals surface area contributed by atoms with E-state index in [1.54, 1.807) is 0 Å². The summed E-state index contributed by atoms with van der Waals surface area (Å²) in [6, 6.07) is 2.63. The Bertz CT molecular complexity index is 788. The molecule has 9 heteroatoms. The number of nitrogens with zero attached hydrogens (tertiary/aromatic N) is 2. The molecule has 0 aliphatic rings. The number of aryl methyl sites for hydroxylation is 1. The van der Waals surface area contributed by atoms with Gasteiger partial charge in [0.05, 0.1) is 0 Å². The smallest absolute Gasteiger partial charge is 0.312 e. The van der Waals surface area contributed by atoms with Crippen molar-refractivity contribution in [2.75, 3.05) is 5.32 Å². The highest BCUT2D eigenvalue weighted by atomic mass is 16.2. The van der Waals surface area contributed by atoms with Crippen molar-refractivity contribution in [2.24, 2.45) is 0 Å². The van der Waals surface area contributed by atoms with Crippen molar-refractivity contribution in [3.63, 3.8) is 0 Å². The number of hydrogen-bond acceptors (Lipinski definition) is 5. The van der Waals surface area contributed by atoms with E-state index in [-0.39, 0.29) is 24.7 Å². The Labute approximate surface area is 111 Å². The molecule has 104 valence electrons. The predicted molar refractivity (Wildman–Crippen MR) is 69.4 cm³/mol. The lowest BCUT2D eigenvalue weighted by Gasteiger charge is -2.05. The van der Waals surface area contributed by atoms with Crippen LogP contribution in [-0.2, 0) is 11.3 Å². The maximum Gasteiger partial charge on any atom is 0.346 e. The molecular weight excluding hydrogens is 266 g/mol. The van der Waals surface area contributed by atoms with Crippen LogP contribution in [0.25, 0.3) is 0 Å².